The SMILES string of the molecule is C=C/C=C(\C=C/C)C(=C\C(=N/CN)c1ccc(-c2cccc3c2O/C=C\C(Nc2ccc(C)cc2C=C)=C/C3=C)cc1)/c1cccc(/C(C=C)=C/C=C)c1. The number of nitrogens with two attached hydrogens (primary N) is 1. The van der Waals surface area contributed by atoms with Gasteiger partial charge < -0.3 is 15.8 Å². The molecule has 3 N–H and O–H groups in total. The van der Waals surface area contributed by atoms with Crippen molar-refractivity contribution in [3.63, 3.8) is 0 Å². The highest BCUT2D eigenvalue weighted by Gasteiger charge is 2.17. The number of fused-ring (bicyclic) bond motifs is 1. The quantitative estimate of drug-likeness (QED) is 0.101. The molecule has 4 aromatic carbocycles. The van der Waals surface area contributed by atoms with Crippen molar-refractivity contribution in [1.29, 1.82) is 0 Å². The minimum absolute atomic E-state index is 0.130. The maximum absolute atomic E-state index is 6.34. The van der Waals surface area contributed by atoms with Gasteiger partial charge in [-0.05, 0) is 100 Å². The highest BCUT2D eigenvalue weighted by molar-refractivity contribution is 6.14. The van der Waals surface area contributed by atoms with E-state index < -0.39 is 0 Å². The molecule has 4 heteroatoms. The Kier molecular flexibility index (Phi) is 13.3. The molecule has 0 aromatic heterocycles. The Balaban J connectivity index is 1.52. The lowest BCUT2D eigenvalue weighted by atomic mass is 9.91. The van der Waals surface area contributed by atoms with Crippen LogP contribution in [0.5, 0.6) is 5.75 Å². The molecule has 5 rings (SSSR count). The summed E-state index contributed by atoms with van der Waals surface area (Å²) in [6, 6.07) is 29.0. The van der Waals surface area contributed by atoms with Gasteiger partial charge in [0.05, 0.1) is 18.6 Å². The fraction of sp³-hybridized carbons (Fsp3) is 0.0600. The van der Waals surface area contributed by atoms with Crippen LogP contribution in [0.2, 0.25) is 0 Å². The standard InChI is InChI=1S/C50H47N3O/c1-8-15-37(11-4)42-18-13-19-43(32-42)47(39(16-9-2)17-10-3)33-49(52-34-51)41-25-23-40(24-26-41)46-21-14-20-45-36(7)31-44(28-29-54-50(45)46)53-48-27-22-35(6)30-38(48)12-5/h8-33,53H,1-2,4-5,7,34,51H2,3,6H3/b17-10-,29-28-,37-15+,39-16+,44-31+,47-33+,52-49+. The van der Waals surface area contributed by atoms with E-state index >= 15 is 0 Å². The average Bonchev–Trinajstić information content (AvgIpc) is 3.18. The maximum Gasteiger partial charge on any atom is 0.142 e. The molecule has 0 unspecified atom stereocenters. The van der Waals surface area contributed by atoms with Crippen molar-refractivity contribution in [3.05, 3.63) is 229 Å². The number of benzene rings is 4. The Morgan fingerprint density at radius 3 is 2.30 bits per heavy atom. The molecule has 4 nitrogen and oxygen atoms in total. The van der Waals surface area contributed by atoms with E-state index in [9.17, 15) is 0 Å². The Bertz CT molecular complexity index is 2300. The van der Waals surface area contributed by atoms with E-state index in [2.05, 4.69) is 124 Å². The largest absolute Gasteiger partial charge is 0.464 e. The van der Waals surface area contributed by atoms with Gasteiger partial charge in [-0.2, -0.15) is 0 Å². The van der Waals surface area contributed by atoms with Crippen LogP contribution in [0.4, 0.5) is 5.69 Å². The Morgan fingerprint density at radius 1 is 0.852 bits per heavy atom. The monoisotopic (exact) mass is 705 g/mol. The first-order valence-electron chi connectivity index (χ1n) is 17.8. The molecule has 268 valence electrons. The first-order chi connectivity index (χ1) is 26.3. The zero-order valence-electron chi connectivity index (χ0n) is 31.2. The summed E-state index contributed by atoms with van der Waals surface area (Å²) in [5.41, 5.74) is 20.4. The van der Waals surface area contributed by atoms with Gasteiger partial charge >= 0.3 is 0 Å². The molecule has 0 radical (unpaired) electrons. The van der Waals surface area contributed by atoms with E-state index in [1.807, 2.05) is 67.7 Å². The van der Waals surface area contributed by atoms with Crippen LogP contribution < -0.4 is 15.8 Å². The van der Waals surface area contributed by atoms with Crippen molar-refractivity contribution < 1.29 is 4.74 Å². The predicted octanol–water partition coefficient (Wildman–Crippen LogP) is 12.5. The maximum atomic E-state index is 6.34. The second-order valence-electron chi connectivity index (χ2n) is 12.5. The van der Waals surface area contributed by atoms with E-state index in [0.717, 1.165) is 84.1 Å². The van der Waals surface area contributed by atoms with Crippen molar-refractivity contribution in [2.24, 2.45) is 10.7 Å². The summed E-state index contributed by atoms with van der Waals surface area (Å²) in [5.74, 6) is 0.733. The molecular formula is C50H47N3O. The van der Waals surface area contributed by atoms with Crippen molar-refractivity contribution >= 4 is 34.2 Å². The molecule has 0 saturated heterocycles. The van der Waals surface area contributed by atoms with Crippen LogP contribution in [0.25, 0.3) is 33.9 Å². The molecule has 0 saturated carbocycles. The molecule has 1 aliphatic rings. The smallest absolute Gasteiger partial charge is 0.142 e. The van der Waals surface area contributed by atoms with Crippen LogP contribution in [0, 0.1) is 6.92 Å². The fourth-order valence-electron chi connectivity index (χ4n) is 6.26. The highest BCUT2D eigenvalue weighted by Crippen LogP contribution is 2.39. The second kappa shape index (κ2) is 18.7. The summed E-state index contributed by atoms with van der Waals surface area (Å²) in [5, 5.41) is 3.51. The Labute approximate surface area is 320 Å². The van der Waals surface area contributed by atoms with Gasteiger partial charge in [0.15, 0.2) is 0 Å². The molecule has 0 fully saturated rings. The zero-order valence-corrected chi connectivity index (χ0v) is 31.2. The number of nitrogens with zero attached hydrogens (tertiary/aromatic N) is 1. The number of ether oxygens (including phenoxy) is 1. The normalized spacial score (nSPS) is 15.2. The van der Waals surface area contributed by atoms with E-state index in [1.54, 1.807) is 18.4 Å². The number of para-hydroxylation sites is 1. The summed E-state index contributed by atoms with van der Waals surface area (Å²) in [6.07, 6.45) is 23.0. The molecule has 0 spiro atoms. The number of anilines is 1. The number of hydrogen-bond donors (Lipinski definition) is 2. The minimum Gasteiger partial charge on any atom is -0.464 e. The first kappa shape index (κ1) is 38.5. The van der Waals surface area contributed by atoms with Crippen LogP contribution >= 0.6 is 0 Å². The lowest BCUT2D eigenvalue weighted by Gasteiger charge is -2.18. The van der Waals surface area contributed by atoms with Gasteiger partial charge in [0, 0.05) is 22.5 Å². The number of aliphatic imine (C=N–C) groups is 1. The molecule has 1 heterocycles. The first-order valence-corrected chi connectivity index (χ1v) is 17.8. The number of allylic oxidation sites excluding steroid dienone is 14. The molecule has 0 atom stereocenters. The molecule has 4 aromatic rings. The van der Waals surface area contributed by atoms with Crippen molar-refractivity contribution in [3.8, 4) is 16.9 Å². The van der Waals surface area contributed by atoms with Gasteiger partial charge in [-0.25, -0.2) is 0 Å². The third kappa shape index (κ3) is 9.18. The third-order valence-corrected chi connectivity index (χ3v) is 8.84. The molecule has 0 amide bonds. The van der Waals surface area contributed by atoms with E-state index in [1.165, 1.54) is 5.56 Å². The van der Waals surface area contributed by atoms with E-state index in [-0.39, 0.29) is 6.67 Å². The Hall–Kier alpha value is -6.75. The summed E-state index contributed by atoms with van der Waals surface area (Å²) in [7, 11) is 0. The lowest BCUT2D eigenvalue weighted by molar-refractivity contribution is 0.481. The van der Waals surface area contributed by atoms with E-state index in [0.29, 0.717) is 0 Å². The van der Waals surface area contributed by atoms with Crippen molar-refractivity contribution in [1.82, 2.24) is 0 Å². The molecule has 0 aliphatic carbocycles. The summed E-state index contributed by atoms with van der Waals surface area (Å²) in [6.45, 7) is 24.4. The van der Waals surface area contributed by atoms with Gasteiger partial charge in [0.2, 0.25) is 0 Å². The van der Waals surface area contributed by atoms with Crippen LogP contribution in [-0.2, 0) is 0 Å². The molecule has 0 bridgehead atoms. The minimum atomic E-state index is 0.130. The molecule has 54 heavy (non-hydrogen) atoms. The Morgan fingerprint density at radius 2 is 1.59 bits per heavy atom. The number of hydrogen-bond acceptors (Lipinski definition) is 4. The van der Waals surface area contributed by atoms with Gasteiger partial charge in [-0.15, -0.1) is 0 Å². The van der Waals surface area contributed by atoms with E-state index in [4.69, 9.17) is 15.5 Å². The summed E-state index contributed by atoms with van der Waals surface area (Å²) >= 11 is 0. The third-order valence-electron chi connectivity index (χ3n) is 8.84. The van der Waals surface area contributed by atoms with Gasteiger partial charge in [-0.3, -0.25) is 4.99 Å². The van der Waals surface area contributed by atoms with Gasteiger partial charge in [0.25, 0.3) is 0 Å². The highest BCUT2D eigenvalue weighted by atomic mass is 16.5. The number of rotatable bonds is 14. The van der Waals surface area contributed by atoms with Crippen LogP contribution in [0.15, 0.2) is 201 Å². The fourth-order valence-corrected chi connectivity index (χ4v) is 6.26. The number of nitrogens with one attached hydrogen (secondary N) is 1. The summed E-state index contributed by atoms with van der Waals surface area (Å²) in [4.78, 5) is 4.76. The second-order valence-corrected chi connectivity index (χ2v) is 12.5. The number of aryl methyl sites for hydroxylation is 1. The molecular weight excluding hydrogens is 659 g/mol. The van der Waals surface area contributed by atoms with Crippen LogP contribution in [0.3, 0.4) is 0 Å². The van der Waals surface area contributed by atoms with Crippen molar-refractivity contribution in [2.75, 3.05) is 12.0 Å². The van der Waals surface area contributed by atoms with Crippen LogP contribution in [-0.4, -0.2) is 12.4 Å². The lowest BCUT2D eigenvalue weighted by Crippen LogP contribution is -2.05. The average molecular weight is 706 g/mol. The topological polar surface area (TPSA) is 59.6 Å². The summed E-state index contributed by atoms with van der Waals surface area (Å²) < 4.78 is 6.34. The van der Waals surface area contributed by atoms with Gasteiger partial charge in [-0.1, -0.05) is 154 Å². The zero-order chi connectivity index (χ0) is 38.5. The van der Waals surface area contributed by atoms with Gasteiger partial charge in [0.1, 0.15) is 5.75 Å². The predicted molar refractivity (Wildman–Crippen MR) is 235 cm³/mol. The van der Waals surface area contributed by atoms with Crippen molar-refractivity contribution in [2.45, 2.75) is 13.8 Å². The van der Waals surface area contributed by atoms with Crippen LogP contribution in [0.1, 0.15) is 40.3 Å². The molecule has 1 aliphatic heterocycles.